The number of hydrogen-bond donors (Lipinski definition) is 1. The molecule has 0 aliphatic carbocycles. The minimum atomic E-state index is -4.72. The second-order valence-electron chi connectivity index (χ2n) is 4.65. The molecule has 0 aliphatic heterocycles. The van der Waals surface area contributed by atoms with E-state index in [1.165, 1.54) is 17.4 Å². The Hall–Kier alpha value is -1.47. The summed E-state index contributed by atoms with van der Waals surface area (Å²) in [7, 11) is 1.63. The van der Waals surface area contributed by atoms with E-state index in [-0.39, 0.29) is 0 Å². The lowest BCUT2D eigenvalue weighted by Crippen LogP contribution is -2.19. The van der Waals surface area contributed by atoms with Crippen molar-refractivity contribution in [2.24, 2.45) is 0 Å². The van der Waals surface area contributed by atoms with Gasteiger partial charge in [0.2, 0.25) is 0 Å². The van der Waals surface area contributed by atoms with Crippen LogP contribution >= 0.6 is 11.3 Å². The Morgan fingerprint density at radius 2 is 1.90 bits per heavy atom. The number of halogens is 4. The van der Waals surface area contributed by atoms with Gasteiger partial charge >= 0.3 is 6.18 Å². The lowest BCUT2D eigenvalue weighted by Gasteiger charge is -2.16. The van der Waals surface area contributed by atoms with E-state index >= 15 is 0 Å². The Balaban J connectivity index is 2.48. The second-order valence-corrected chi connectivity index (χ2v) is 5.89. The van der Waals surface area contributed by atoms with E-state index in [0.29, 0.717) is 10.6 Å². The number of nitrogens with one attached hydrogen (secondary N) is 1. The van der Waals surface area contributed by atoms with Gasteiger partial charge in [-0.05, 0) is 38.6 Å². The lowest BCUT2D eigenvalue weighted by atomic mass is 10.0. The smallest absolute Gasteiger partial charge is 0.307 e. The average Bonchev–Trinajstić information content (AvgIpc) is 2.71. The first-order valence-electron chi connectivity index (χ1n) is 6.22. The summed E-state index contributed by atoms with van der Waals surface area (Å²) in [4.78, 5) is 5.36. The molecule has 0 aliphatic rings. The molecule has 0 saturated carbocycles. The van der Waals surface area contributed by atoms with Gasteiger partial charge in [-0.25, -0.2) is 9.37 Å². The molecule has 1 unspecified atom stereocenters. The standard InChI is InChI=1S/C14H14F4N2S/c1-7-8(2)21-13(20-7)12(19-3)9-4-5-11(15)10(6-9)14(16,17)18/h4-6,12,19H,1-3H3. The number of rotatable bonds is 3. The summed E-state index contributed by atoms with van der Waals surface area (Å²) in [6.07, 6.45) is -4.72. The SMILES string of the molecule is CNC(c1ccc(F)c(C(F)(F)F)c1)c1nc(C)c(C)s1. The molecule has 2 aromatic rings. The maximum Gasteiger partial charge on any atom is 0.419 e. The van der Waals surface area contributed by atoms with Crippen molar-refractivity contribution in [3.8, 4) is 0 Å². The molecule has 21 heavy (non-hydrogen) atoms. The summed E-state index contributed by atoms with van der Waals surface area (Å²) in [5.74, 6) is -1.27. The third-order valence-corrected chi connectivity index (χ3v) is 4.35. The summed E-state index contributed by atoms with van der Waals surface area (Å²) in [6.45, 7) is 3.74. The molecule has 0 bridgehead atoms. The highest BCUT2D eigenvalue weighted by atomic mass is 32.1. The van der Waals surface area contributed by atoms with Crippen LogP contribution in [0.25, 0.3) is 0 Å². The summed E-state index contributed by atoms with van der Waals surface area (Å²) in [6, 6.07) is 2.53. The largest absolute Gasteiger partial charge is 0.419 e. The van der Waals surface area contributed by atoms with Gasteiger partial charge in [0.1, 0.15) is 10.8 Å². The van der Waals surface area contributed by atoms with Crippen LogP contribution in [0, 0.1) is 19.7 Å². The molecule has 2 rings (SSSR count). The summed E-state index contributed by atoms with van der Waals surface area (Å²) >= 11 is 1.41. The second kappa shape index (κ2) is 5.73. The molecule has 2 nitrogen and oxygen atoms in total. The van der Waals surface area contributed by atoms with Crippen molar-refractivity contribution < 1.29 is 17.6 Å². The molecule has 0 amide bonds. The molecular weight excluding hydrogens is 304 g/mol. The van der Waals surface area contributed by atoms with E-state index in [9.17, 15) is 17.6 Å². The summed E-state index contributed by atoms with van der Waals surface area (Å²) in [5.41, 5.74) is -0.0846. The van der Waals surface area contributed by atoms with Gasteiger partial charge < -0.3 is 5.32 Å². The predicted molar refractivity (Wildman–Crippen MR) is 73.9 cm³/mol. The minimum absolute atomic E-state index is 0.333. The number of alkyl halides is 3. The molecule has 7 heteroatoms. The van der Waals surface area contributed by atoms with E-state index in [1.807, 2.05) is 13.8 Å². The van der Waals surface area contributed by atoms with E-state index in [0.717, 1.165) is 22.7 Å². The topological polar surface area (TPSA) is 24.9 Å². The number of aryl methyl sites for hydroxylation is 2. The Kier molecular flexibility index (Phi) is 4.34. The number of benzene rings is 1. The summed E-state index contributed by atoms with van der Waals surface area (Å²) < 4.78 is 51.7. The van der Waals surface area contributed by atoms with Crippen LogP contribution in [-0.4, -0.2) is 12.0 Å². The quantitative estimate of drug-likeness (QED) is 0.857. The van der Waals surface area contributed by atoms with Crippen molar-refractivity contribution in [2.75, 3.05) is 7.05 Å². The molecule has 0 radical (unpaired) electrons. The molecule has 0 spiro atoms. The van der Waals surface area contributed by atoms with Gasteiger partial charge in [0.05, 0.1) is 17.3 Å². The van der Waals surface area contributed by atoms with Crippen molar-refractivity contribution in [3.63, 3.8) is 0 Å². The fourth-order valence-electron chi connectivity index (χ4n) is 1.99. The highest BCUT2D eigenvalue weighted by molar-refractivity contribution is 7.11. The number of nitrogens with zero attached hydrogens (tertiary/aromatic N) is 1. The Bertz CT molecular complexity index is 629. The highest BCUT2D eigenvalue weighted by Gasteiger charge is 2.35. The zero-order valence-corrected chi connectivity index (χ0v) is 12.5. The Morgan fingerprint density at radius 1 is 1.24 bits per heavy atom. The molecule has 1 aromatic heterocycles. The summed E-state index contributed by atoms with van der Waals surface area (Å²) in [5, 5.41) is 3.59. The fourth-order valence-corrected chi connectivity index (χ4v) is 3.05. The molecule has 1 N–H and O–H groups in total. The minimum Gasteiger partial charge on any atom is -0.307 e. The molecule has 114 valence electrons. The normalized spacial score (nSPS) is 13.5. The predicted octanol–water partition coefficient (Wildman–Crippen LogP) is 4.23. The van der Waals surface area contributed by atoms with Crippen LogP contribution in [0.15, 0.2) is 18.2 Å². The first kappa shape index (κ1) is 15.9. The van der Waals surface area contributed by atoms with Crippen LogP contribution in [0.3, 0.4) is 0 Å². The van der Waals surface area contributed by atoms with Crippen molar-refractivity contribution in [1.82, 2.24) is 10.3 Å². The van der Waals surface area contributed by atoms with E-state index < -0.39 is 23.6 Å². The molecule has 1 atom stereocenters. The first-order valence-corrected chi connectivity index (χ1v) is 7.03. The number of thiazole rings is 1. The zero-order valence-electron chi connectivity index (χ0n) is 11.7. The number of hydrogen-bond acceptors (Lipinski definition) is 3. The molecule has 1 aromatic carbocycles. The Labute approximate surface area is 123 Å². The van der Waals surface area contributed by atoms with Gasteiger partial charge in [-0.3, -0.25) is 0 Å². The monoisotopic (exact) mass is 318 g/mol. The molecule has 0 saturated heterocycles. The van der Waals surface area contributed by atoms with Crippen molar-refractivity contribution in [2.45, 2.75) is 26.1 Å². The van der Waals surface area contributed by atoms with Gasteiger partial charge in [0, 0.05) is 4.88 Å². The molecule has 0 fully saturated rings. The van der Waals surface area contributed by atoms with Crippen LogP contribution in [0.4, 0.5) is 17.6 Å². The average molecular weight is 318 g/mol. The van der Waals surface area contributed by atoms with Crippen LogP contribution < -0.4 is 5.32 Å². The third kappa shape index (κ3) is 3.24. The fraction of sp³-hybridized carbons (Fsp3) is 0.357. The number of aromatic nitrogens is 1. The lowest BCUT2D eigenvalue weighted by molar-refractivity contribution is -0.140. The van der Waals surface area contributed by atoms with Gasteiger partial charge in [-0.15, -0.1) is 11.3 Å². The van der Waals surface area contributed by atoms with Gasteiger partial charge in [-0.2, -0.15) is 13.2 Å². The highest BCUT2D eigenvalue weighted by Crippen LogP contribution is 2.35. The zero-order chi connectivity index (χ0) is 15.8. The van der Waals surface area contributed by atoms with E-state index in [2.05, 4.69) is 10.3 Å². The van der Waals surface area contributed by atoms with Crippen LogP contribution in [0.2, 0.25) is 0 Å². The Morgan fingerprint density at radius 3 is 2.38 bits per heavy atom. The van der Waals surface area contributed by atoms with Crippen molar-refractivity contribution in [3.05, 3.63) is 50.7 Å². The van der Waals surface area contributed by atoms with Gasteiger partial charge in [0.15, 0.2) is 0 Å². The molecule has 1 heterocycles. The van der Waals surface area contributed by atoms with Crippen LogP contribution in [0.1, 0.15) is 32.7 Å². The van der Waals surface area contributed by atoms with Crippen molar-refractivity contribution in [1.29, 1.82) is 0 Å². The van der Waals surface area contributed by atoms with Gasteiger partial charge in [0.25, 0.3) is 0 Å². The van der Waals surface area contributed by atoms with Crippen LogP contribution in [-0.2, 0) is 6.18 Å². The molecular formula is C14H14F4N2S. The van der Waals surface area contributed by atoms with Gasteiger partial charge in [-0.1, -0.05) is 6.07 Å². The van der Waals surface area contributed by atoms with E-state index in [1.54, 1.807) is 7.05 Å². The maximum atomic E-state index is 13.4. The third-order valence-electron chi connectivity index (χ3n) is 3.21. The van der Waals surface area contributed by atoms with E-state index in [4.69, 9.17) is 0 Å². The van der Waals surface area contributed by atoms with Crippen molar-refractivity contribution >= 4 is 11.3 Å². The maximum absolute atomic E-state index is 13.4. The first-order chi connectivity index (χ1) is 9.74. The van der Waals surface area contributed by atoms with Crippen LogP contribution in [0.5, 0.6) is 0 Å².